The maximum absolute atomic E-state index is 13.6. The van der Waals surface area contributed by atoms with Gasteiger partial charge in [0.15, 0.2) is 0 Å². The third kappa shape index (κ3) is 5.84. The smallest absolute Gasteiger partial charge is 0.243 e. The number of carbonyl (C=O) groups is 1. The highest BCUT2D eigenvalue weighted by Crippen LogP contribution is 2.22. The van der Waals surface area contributed by atoms with Crippen molar-refractivity contribution in [1.29, 1.82) is 0 Å². The molecule has 0 heterocycles. The van der Waals surface area contributed by atoms with Crippen LogP contribution in [0.3, 0.4) is 0 Å². The quantitative estimate of drug-likeness (QED) is 0.536. The summed E-state index contributed by atoms with van der Waals surface area (Å²) in [6.45, 7) is 7.57. The molecule has 5 nitrogen and oxygen atoms in total. The minimum absolute atomic E-state index is 0.208. The van der Waals surface area contributed by atoms with Gasteiger partial charge in [-0.25, -0.2) is 8.42 Å². The van der Waals surface area contributed by atoms with E-state index in [1.807, 2.05) is 75.4 Å². The fourth-order valence-electron chi connectivity index (χ4n) is 3.49. The van der Waals surface area contributed by atoms with E-state index in [-0.39, 0.29) is 23.9 Å². The van der Waals surface area contributed by atoms with E-state index >= 15 is 0 Å². The van der Waals surface area contributed by atoms with Crippen molar-refractivity contribution in [3.05, 3.63) is 94.5 Å². The molecule has 0 aliphatic carbocycles. The number of nitrogens with one attached hydrogen (secondary N) is 1. The Kier molecular flexibility index (Phi) is 7.48. The monoisotopic (exact) mass is 450 g/mol. The second-order valence-electron chi connectivity index (χ2n) is 8.19. The molecule has 1 N–H and O–H groups in total. The second kappa shape index (κ2) is 10.1. The van der Waals surface area contributed by atoms with E-state index in [0.29, 0.717) is 17.7 Å². The largest absolute Gasteiger partial charge is 0.325 e. The van der Waals surface area contributed by atoms with E-state index in [9.17, 15) is 13.2 Å². The Bertz CT molecular complexity index is 1200. The van der Waals surface area contributed by atoms with E-state index in [2.05, 4.69) is 5.32 Å². The fourth-order valence-corrected chi connectivity index (χ4v) is 5.19. The van der Waals surface area contributed by atoms with E-state index < -0.39 is 10.0 Å². The summed E-state index contributed by atoms with van der Waals surface area (Å²) < 4.78 is 28.4. The Labute approximate surface area is 191 Å². The summed E-state index contributed by atoms with van der Waals surface area (Å²) in [5.74, 6) is -0.366. The molecule has 6 heteroatoms. The van der Waals surface area contributed by atoms with Crippen molar-refractivity contribution in [3.8, 4) is 0 Å². The van der Waals surface area contributed by atoms with Crippen LogP contribution in [-0.2, 0) is 21.2 Å². The molecule has 0 saturated carbocycles. The SMILES string of the molecule is Cc1ccc(C)c(S(=O)(=O)N(CCc2ccccc2)CC(=O)Nc2ccc(C)c(C)c2)c1. The molecule has 0 atom stereocenters. The molecule has 168 valence electrons. The lowest BCUT2D eigenvalue weighted by molar-refractivity contribution is -0.116. The Morgan fingerprint density at radius 2 is 1.53 bits per heavy atom. The maximum Gasteiger partial charge on any atom is 0.243 e. The Hall–Kier alpha value is -2.96. The van der Waals surface area contributed by atoms with Gasteiger partial charge in [-0.1, -0.05) is 48.5 Å². The molecule has 0 aromatic heterocycles. The van der Waals surface area contributed by atoms with E-state index in [1.165, 1.54) is 4.31 Å². The van der Waals surface area contributed by atoms with Gasteiger partial charge in [0.2, 0.25) is 15.9 Å². The van der Waals surface area contributed by atoms with Crippen LogP contribution in [-0.4, -0.2) is 31.7 Å². The highest BCUT2D eigenvalue weighted by atomic mass is 32.2. The summed E-state index contributed by atoms with van der Waals surface area (Å²) in [6, 6.07) is 20.7. The van der Waals surface area contributed by atoms with Crippen molar-refractivity contribution < 1.29 is 13.2 Å². The molecule has 0 radical (unpaired) electrons. The Morgan fingerprint density at radius 3 is 2.22 bits per heavy atom. The summed E-state index contributed by atoms with van der Waals surface area (Å²) >= 11 is 0. The lowest BCUT2D eigenvalue weighted by Crippen LogP contribution is -2.39. The predicted molar refractivity (Wildman–Crippen MR) is 129 cm³/mol. The van der Waals surface area contributed by atoms with Crippen molar-refractivity contribution in [2.45, 2.75) is 39.0 Å². The van der Waals surface area contributed by atoms with Crippen LogP contribution in [0.2, 0.25) is 0 Å². The summed E-state index contributed by atoms with van der Waals surface area (Å²) in [4.78, 5) is 13.1. The molecule has 3 aromatic rings. The number of aryl methyl sites for hydroxylation is 4. The fraction of sp³-hybridized carbons (Fsp3) is 0.269. The summed E-state index contributed by atoms with van der Waals surface area (Å²) in [5.41, 5.74) is 5.39. The zero-order valence-corrected chi connectivity index (χ0v) is 19.9. The third-order valence-corrected chi connectivity index (χ3v) is 7.55. The third-order valence-electron chi connectivity index (χ3n) is 5.56. The normalized spacial score (nSPS) is 11.5. The number of rotatable bonds is 8. The number of sulfonamides is 1. The molecule has 0 fully saturated rings. The van der Waals surface area contributed by atoms with Crippen molar-refractivity contribution in [2.24, 2.45) is 0 Å². The Morgan fingerprint density at radius 1 is 0.844 bits per heavy atom. The van der Waals surface area contributed by atoms with Crippen molar-refractivity contribution in [3.63, 3.8) is 0 Å². The summed E-state index contributed by atoms with van der Waals surface area (Å²) in [6.07, 6.45) is 0.516. The number of hydrogen-bond donors (Lipinski definition) is 1. The average molecular weight is 451 g/mol. The van der Waals surface area contributed by atoms with Gasteiger partial charge < -0.3 is 5.32 Å². The first kappa shape index (κ1) is 23.7. The highest BCUT2D eigenvalue weighted by molar-refractivity contribution is 7.89. The van der Waals surface area contributed by atoms with Gasteiger partial charge in [-0.3, -0.25) is 4.79 Å². The van der Waals surface area contributed by atoms with Gasteiger partial charge in [-0.2, -0.15) is 4.31 Å². The van der Waals surface area contributed by atoms with Crippen LogP contribution in [0.1, 0.15) is 27.8 Å². The average Bonchev–Trinajstić information content (AvgIpc) is 2.76. The molecular weight excluding hydrogens is 420 g/mol. The van der Waals surface area contributed by atoms with Crippen molar-refractivity contribution in [2.75, 3.05) is 18.4 Å². The molecule has 32 heavy (non-hydrogen) atoms. The molecule has 0 bridgehead atoms. The second-order valence-corrected chi connectivity index (χ2v) is 10.1. The maximum atomic E-state index is 13.6. The molecule has 1 amide bonds. The van der Waals surface area contributed by atoms with Gasteiger partial charge >= 0.3 is 0 Å². The van der Waals surface area contributed by atoms with Gasteiger partial charge in [0, 0.05) is 12.2 Å². The zero-order valence-electron chi connectivity index (χ0n) is 19.1. The van der Waals surface area contributed by atoms with Crippen LogP contribution in [0.5, 0.6) is 0 Å². The molecular formula is C26H30N2O3S. The number of hydrogen-bond acceptors (Lipinski definition) is 3. The highest BCUT2D eigenvalue weighted by Gasteiger charge is 2.28. The summed E-state index contributed by atoms with van der Waals surface area (Å²) in [5, 5.41) is 2.84. The number of carbonyl (C=O) groups excluding carboxylic acids is 1. The van der Waals surface area contributed by atoms with Crippen LogP contribution in [0.15, 0.2) is 71.6 Å². The molecule has 0 spiro atoms. The minimum Gasteiger partial charge on any atom is -0.325 e. The minimum atomic E-state index is -3.85. The first-order valence-electron chi connectivity index (χ1n) is 10.7. The Balaban J connectivity index is 1.86. The summed E-state index contributed by atoms with van der Waals surface area (Å²) in [7, 11) is -3.85. The molecule has 0 saturated heterocycles. The number of amides is 1. The van der Waals surface area contributed by atoms with E-state index in [0.717, 1.165) is 22.3 Å². The van der Waals surface area contributed by atoms with Gasteiger partial charge in [-0.15, -0.1) is 0 Å². The van der Waals surface area contributed by atoms with Crippen molar-refractivity contribution >= 4 is 21.6 Å². The van der Waals surface area contributed by atoms with E-state index in [1.54, 1.807) is 19.1 Å². The van der Waals surface area contributed by atoms with Gasteiger partial charge in [0.25, 0.3) is 0 Å². The van der Waals surface area contributed by atoms with Gasteiger partial charge in [0.1, 0.15) is 0 Å². The first-order valence-corrected chi connectivity index (χ1v) is 12.1. The number of nitrogens with zero attached hydrogens (tertiary/aromatic N) is 1. The first-order chi connectivity index (χ1) is 15.2. The van der Waals surface area contributed by atoms with Crippen LogP contribution in [0.25, 0.3) is 0 Å². The van der Waals surface area contributed by atoms with Crippen LogP contribution in [0, 0.1) is 27.7 Å². The van der Waals surface area contributed by atoms with E-state index in [4.69, 9.17) is 0 Å². The van der Waals surface area contributed by atoms with Gasteiger partial charge in [-0.05, 0) is 80.1 Å². The van der Waals surface area contributed by atoms with Crippen molar-refractivity contribution in [1.82, 2.24) is 4.31 Å². The molecule has 0 unspecified atom stereocenters. The van der Waals surface area contributed by atoms with Crippen LogP contribution < -0.4 is 5.32 Å². The lowest BCUT2D eigenvalue weighted by atomic mass is 10.1. The zero-order chi connectivity index (χ0) is 23.3. The lowest BCUT2D eigenvalue weighted by Gasteiger charge is -2.23. The molecule has 0 aliphatic rings. The molecule has 3 rings (SSSR count). The van der Waals surface area contributed by atoms with Gasteiger partial charge in [0.05, 0.1) is 11.4 Å². The standard InChI is InChI=1S/C26H30N2O3S/c1-19-10-11-21(3)25(16-19)32(30,31)28(15-14-23-8-6-5-7-9-23)18-26(29)27-24-13-12-20(2)22(4)17-24/h5-13,16-17H,14-15,18H2,1-4H3,(H,27,29). The number of benzene rings is 3. The van der Waals surface area contributed by atoms with Crippen LogP contribution >= 0.6 is 0 Å². The topological polar surface area (TPSA) is 66.5 Å². The molecule has 0 aliphatic heterocycles. The van der Waals surface area contributed by atoms with Crippen LogP contribution in [0.4, 0.5) is 5.69 Å². The number of anilines is 1. The molecule has 3 aromatic carbocycles. The predicted octanol–water partition coefficient (Wildman–Crippen LogP) is 4.79.